The molecule has 3 amide bonds. The molecule has 0 heterocycles. The molecule has 0 aromatic heterocycles. The van der Waals surface area contributed by atoms with Gasteiger partial charge in [0.15, 0.2) is 0 Å². The first-order valence-electron chi connectivity index (χ1n) is 11.8. The maximum absolute atomic E-state index is 13.4. The number of hydrogen-bond donors (Lipinski definition) is 3. The number of rotatable bonds is 11. The van der Waals surface area contributed by atoms with Crippen LogP contribution in [0.3, 0.4) is 0 Å². The summed E-state index contributed by atoms with van der Waals surface area (Å²) in [6.45, 7) is 11.8. The van der Waals surface area contributed by atoms with E-state index in [2.05, 4.69) is 10.6 Å². The number of aliphatic hydroxyl groups excluding tert-OH is 1. The van der Waals surface area contributed by atoms with Crippen LogP contribution in [0.5, 0.6) is 0 Å². The number of likely N-dealkylation sites (N-methyl/N-ethyl adjacent to an activating group) is 1. The van der Waals surface area contributed by atoms with Crippen LogP contribution in [0, 0.1) is 13.8 Å². The maximum atomic E-state index is 13.4. The molecule has 0 saturated heterocycles. The highest BCUT2D eigenvalue weighted by Gasteiger charge is 2.36. The molecule has 2 unspecified atom stereocenters. The van der Waals surface area contributed by atoms with Crippen molar-refractivity contribution in [3.8, 4) is 0 Å². The highest BCUT2D eigenvalue weighted by atomic mass is 16.6. The van der Waals surface area contributed by atoms with Gasteiger partial charge in [-0.15, -0.1) is 0 Å². The molecule has 1 aromatic carbocycles. The van der Waals surface area contributed by atoms with Gasteiger partial charge in [0, 0.05) is 13.1 Å². The Morgan fingerprint density at radius 1 is 1.11 bits per heavy atom. The quantitative estimate of drug-likeness (QED) is 0.402. The Labute approximate surface area is 207 Å². The summed E-state index contributed by atoms with van der Waals surface area (Å²) in [7, 11) is 0. The molecule has 0 aliphatic heterocycles. The van der Waals surface area contributed by atoms with E-state index in [0.29, 0.717) is 5.56 Å². The van der Waals surface area contributed by atoms with Gasteiger partial charge in [0.25, 0.3) is 0 Å². The van der Waals surface area contributed by atoms with Crippen molar-refractivity contribution in [3.63, 3.8) is 0 Å². The van der Waals surface area contributed by atoms with Crippen LogP contribution in [0.4, 0.5) is 4.79 Å². The zero-order valence-corrected chi connectivity index (χ0v) is 21.8. The summed E-state index contributed by atoms with van der Waals surface area (Å²) >= 11 is 0. The van der Waals surface area contributed by atoms with Gasteiger partial charge in [0.05, 0.1) is 19.6 Å². The lowest BCUT2D eigenvalue weighted by atomic mass is 9.96. The summed E-state index contributed by atoms with van der Waals surface area (Å²) in [5, 5.41) is 15.0. The molecule has 0 aliphatic rings. The summed E-state index contributed by atoms with van der Waals surface area (Å²) in [6.07, 6.45) is -0.873. The lowest BCUT2D eigenvalue weighted by Gasteiger charge is -2.34. The van der Waals surface area contributed by atoms with Crippen molar-refractivity contribution in [2.24, 2.45) is 0 Å². The van der Waals surface area contributed by atoms with E-state index in [1.807, 2.05) is 32.0 Å². The van der Waals surface area contributed by atoms with Crippen molar-refractivity contribution in [3.05, 3.63) is 34.9 Å². The van der Waals surface area contributed by atoms with E-state index in [9.17, 15) is 24.3 Å². The first kappa shape index (κ1) is 29.9. The molecule has 0 saturated carbocycles. The number of benzene rings is 1. The fourth-order valence-corrected chi connectivity index (χ4v) is 3.42. The number of alkyl carbamates (subject to hydrolysis) is 1. The molecule has 0 aliphatic carbocycles. The molecular formula is C25H39N3O7. The minimum absolute atomic E-state index is 0.0152. The summed E-state index contributed by atoms with van der Waals surface area (Å²) in [4.78, 5) is 52.0. The normalized spacial score (nSPS) is 12.8. The monoisotopic (exact) mass is 493 g/mol. The molecule has 0 bridgehead atoms. The van der Waals surface area contributed by atoms with E-state index in [-0.39, 0.29) is 26.1 Å². The summed E-state index contributed by atoms with van der Waals surface area (Å²) in [6, 6.07) is 3.20. The van der Waals surface area contributed by atoms with Crippen LogP contribution in [-0.4, -0.2) is 71.8 Å². The van der Waals surface area contributed by atoms with E-state index in [1.54, 1.807) is 34.6 Å². The van der Waals surface area contributed by atoms with E-state index in [0.717, 1.165) is 11.1 Å². The second-order valence-electron chi connectivity index (χ2n) is 9.11. The Morgan fingerprint density at radius 2 is 1.77 bits per heavy atom. The molecule has 35 heavy (non-hydrogen) atoms. The number of aliphatic hydroxyl groups is 1. The maximum Gasteiger partial charge on any atom is 0.408 e. The van der Waals surface area contributed by atoms with Gasteiger partial charge in [-0.25, -0.2) is 4.79 Å². The van der Waals surface area contributed by atoms with Gasteiger partial charge in [-0.05, 0) is 59.6 Å². The number of amides is 3. The number of hydrogen-bond acceptors (Lipinski definition) is 7. The zero-order valence-electron chi connectivity index (χ0n) is 21.8. The van der Waals surface area contributed by atoms with Gasteiger partial charge < -0.3 is 30.1 Å². The third kappa shape index (κ3) is 9.56. The van der Waals surface area contributed by atoms with Crippen molar-refractivity contribution in [2.45, 2.75) is 72.6 Å². The second kappa shape index (κ2) is 13.7. The van der Waals surface area contributed by atoms with Crippen molar-refractivity contribution in [1.82, 2.24) is 15.5 Å². The highest BCUT2D eigenvalue weighted by molar-refractivity contribution is 5.92. The summed E-state index contributed by atoms with van der Waals surface area (Å²) in [5.74, 6) is -1.58. The van der Waals surface area contributed by atoms with E-state index in [4.69, 9.17) is 9.47 Å². The molecule has 0 radical (unpaired) electrons. The molecular weight excluding hydrogens is 454 g/mol. The Bertz CT molecular complexity index is 896. The van der Waals surface area contributed by atoms with Crippen LogP contribution in [-0.2, 0) is 23.9 Å². The SMILES string of the molecule is CCOC(=O)CCNC(=O)C(c1cc(C)ccc1C)N(CC)C(=O)C(CO)NC(=O)OC(C)(C)C. The fourth-order valence-electron chi connectivity index (χ4n) is 3.42. The van der Waals surface area contributed by atoms with Crippen molar-refractivity contribution in [2.75, 3.05) is 26.3 Å². The predicted molar refractivity (Wildman–Crippen MR) is 131 cm³/mol. The van der Waals surface area contributed by atoms with Crippen LogP contribution >= 0.6 is 0 Å². The van der Waals surface area contributed by atoms with Gasteiger partial charge in [-0.2, -0.15) is 0 Å². The molecule has 0 fully saturated rings. The minimum Gasteiger partial charge on any atom is -0.466 e. The van der Waals surface area contributed by atoms with Gasteiger partial charge in [-0.1, -0.05) is 23.8 Å². The summed E-state index contributed by atoms with van der Waals surface area (Å²) < 4.78 is 10.1. The molecule has 10 nitrogen and oxygen atoms in total. The van der Waals surface area contributed by atoms with Crippen molar-refractivity contribution in [1.29, 1.82) is 0 Å². The van der Waals surface area contributed by atoms with E-state index >= 15 is 0 Å². The van der Waals surface area contributed by atoms with Crippen LogP contribution in [0.15, 0.2) is 18.2 Å². The Morgan fingerprint density at radius 3 is 2.31 bits per heavy atom. The average molecular weight is 494 g/mol. The molecule has 10 heteroatoms. The molecule has 196 valence electrons. The Balaban J connectivity index is 3.25. The Hall–Kier alpha value is -3.14. The number of esters is 1. The number of aryl methyl sites for hydroxylation is 2. The third-order valence-electron chi connectivity index (χ3n) is 5.02. The van der Waals surface area contributed by atoms with Gasteiger partial charge in [0.2, 0.25) is 11.8 Å². The molecule has 2 atom stereocenters. The molecule has 3 N–H and O–H groups in total. The average Bonchev–Trinajstić information content (AvgIpc) is 2.76. The first-order valence-corrected chi connectivity index (χ1v) is 11.8. The number of nitrogens with one attached hydrogen (secondary N) is 2. The zero-order chi connectivity index (χ0) is 26.8. The predicted octanol–water partition coefficient (Wildman–Crippen LogP) is 2.15. The smallest absolute Gasteiger partial charge is 0.408 e. The second-order valence-corrected chi connectivity index (χ2v) is 9.11. The topological polar surface area (TPSA) is 134 Å². The minimum atomic E-state index is -1.32. The molecule has 1 rings (SSSR count). The van der Waals surface area contributed by atoms with Crippen LogP contribution < -0.4 is 10.6 Å². The van der Waals surface area contributed by atoms with Gasteiger partial charge in [0.1, 0.15) is 17.7 Å². The first-order chi connectivity index (χ1) is 16.3. The Kier molecular flexibility index (Phi) is 11.7. The largest absolute Gasteiger partial charge is 0.466 e. The van der Waals surface area contributed by atoms with Gasteiger partial charge >= 0.3 is 12.1 Å². The standard InChI is InChI=1S/C25H39N3O7/c1-8-28(23(32)19(15-29)27-24(33)35-25(5,6)7)21(18-14-16(3)10-11-17(18)4)22(31)26-13-12-20(30)34-9-2/h10-11,14,19,21,29H,8-9,12-13,15H2,1-7H3,(H,26,31)(H,27,33). The third-order valence-corrected chi connectivity index (χ3v) is 5.02. The number of carbonyl (C=O) groups is 4. The highest BCUT2D eigenvalue weighted by Crippen LogP contribution is 2.26. The van der Waals surface area contributed by atoms with Crippen LogP contribution in [0.25, 0.3) is 0 Å². The lowest BCUT2D eigenvalue weighted by molar-refractivity contribution is -0.144. The summed E-state index contributed by atoms with van der Waals surface area (Å²) in [5.41, 5.74) is 1.48. The van der Waals surface area contributed by atoms with Crippen molar-refractivity contribution >= 4 is 23.9 Å². The lowest BCUT2D eigenvalue weighted by Crippen LogP contribution is -2.54. The number of nitrogens with zero attached hydrogens (tertiary/aromatic N) is 1. The molecule has 1 aromatic rings. The fraction of sp³-hybridized carbons (Fsp3) is 0.600. The van der Waals surface area contributed by atoms with Crippen LogP contribution in [0.1, 0.15) is 63.8 Å². The van der Waals surface area contributed by atoms with Crippen molar-refractivity contribution < 1.29 is 33.8 Å². The number of carbonyl (C=O) groups excluding carboxylic acids is 4. The van der Waals surface area contributed by atoms with E-state index in [1.165, 1.54) is 4.90 Å². The van der Waals surface area contributed by atoms with Gasteiger partial charge in [-0.3, -0.25) is 14.4 Å². The van der Waals surface area contributed by atoms with Crippen LogP contribution in [0.2, 0.25) is 0 Å². The van der Waals surface area contributed by atoms with E-state index < -0.39 is 48.2 Å². The molecule has 0 spiro atoms. The number of ether oxygens (including phenoxy) is 2.